The molecule has 4 unspecified atom stereocenters. The molecule has 0 aliphatic heterocycles. The number of rotatable bonds is 2. The van der Waals surface area contributed by atoms with Crippen LogP contribution in [0.15, 0.2) is 0 Å². The molecule has 2 rings (SSSR count). The van der Waals surface area contributed by atoms with Crippen molar-refractivity contribution in [1.82, 2.24) is 4.90 Å². The molecule has 0 radical (unpaired) electrons. The maximum Gasteiger partial charge on any atom is 0.0272 e. The first-order valence-electron chi connectivity index (χ1n) is 6.57. The van der Waals surface area contributed by atoms with Crippen molar-refractivity contribution >= 4 is 0 Å². The molecule has 0 amide bonds. The molecule has 0 heterocycles. The van der Waals surface area contributed by atoms with E-state index in [0.29, 0.717) is 12.1 Å². The van der Waals surface area contributed by atoms with Gasteiger partial charge in [0.1, 0.15) is 0 Å². The van der Waals surface area contributed by atoms with E-state index in [4.69, 9.17) is 5.73 Å². The summed E-state index contributed by atoms with van der Waals surface area (Å²) >= 11 is 0. The smallest absolute Gasteiger partial charge is 0.0272 e. The largest absolute Gasteiger partial charge is 0.326 e. The predicted molar refractivity (Wildman–Crippen MR) is 64.7 cm³/mol. The van der Waals surface area contributed by atoms with Gasteiger partial charge in [0.25, 0.3) is 0 Å². The Hall–Kier alpha value is -0.0800. The van der Waals surface area contributed by atoms with Gasteiger partial charge < -0.3 is 5.73 Å². The van der Waals surface area contributed by atoms with Crippen molar-refractivity contribution in [2.24, 2.45) is 17.6 Å². The van der Waals surface area contributed by atoms with Crippen LogP contribution in [0, 0.1) is 11.8 Å². The van der Waals surface area contributed by atoms with Gasteiger partial charge in [-0.3, -0.25) is 4.90 Å². The van der Waals surface area contributed by atoms with Crippen molar-refractivity contribution in [2.75, 3.05) is 7.05 Å². The fourth-order valence-electron chi connectivity index (χ4n) is 3.64. The van der Waals surface area contributed by atoms with E-state index in [0.717, 1.165) is 17.9 Å². The molecular weight excluding hydrogens is 184 g/mol. The lowest BCUT2D eigenvalue weighted by Gasteiger charge is -2.48. The highest BCUT2D eigenvalue weighted by atomic mass is 15.2. The van der Waals surface area contributed by atoms with Gasteiger partial charge in [-0.15, -0.1) is 0 Å². The third-order valence-electron chi connectivity index (χ3n) is 4.59. The number of likely N-dealkylation sites (N-methyl/N-ethyl adjacent to an activating group) is 1. The van der Waals surface area contributed by atoms with Crippen LogP contribution < -0.4 is 5.73 Å². The molecule has 15 heavy (non-hydrogen) atoms. The predicted octanol–water partition coefficient (Wildman–Crippen LogP) is 2.23. The Balaban J connectivity index is 1.99. The molecule has 0 spiro atoms. The highest BCUT2D eigenvalue weighted by molar-refractivity contribution is 4.94. The van der Waals surface area contributed by atoms with Gasteiger partial charge in [0.15, 0.2) is 0 Å². The third-order valence-corrected chi connectivity index (χ3v) is 4.59. The van der Waals surface area contributed by atoms with E-state index >= 15 is 0 Å². The topological polar surface area (TPSA) is 29.3 Å². The average Bonchev–Trinajstić information content (AvgIpc) is 1.97. The Morgan fingerprint density at radius 2 is 1.80 bits per heavy atom. The van der Waals surface area contributed by atoms with Gasteiger partial charge in [-0.2, -0.15) is 0 Å². The van der Waals surface area contributed by atoms with Crippen LogP contribution in [0.2, 0.25) is 0 Å². The molecule has 0 aromatic carbocycles. The van der Waals surface area contributed by atoms with Crippen LogP contribution in [0.4, 0.5) is 0 Å². The van der Waals surface area contributed by atoms with E-state index in [9.17, 15) is 0 Å². The van der Waals surface area contributed by atoms with Crippen LogP contribution in [0.3, 0.4) is 0 Å². The van der Waals surface area contributed by atoms with Crippen LogP contribution in [-0.2, 0) is 0 Å². The molecule has 2 fully saturated rings. The lowest BCUT2D eigenvalue weighted by molar-refractivity contribution is 0.0344. The normalized spacial score (nSPS) is 43.0. The number of nitrogens with zero attached hydrogens (tertiary/aromatic N) is 1. The van der Waals surface area contributed by atoms with Crippen LogP contribution in [0.25, 0.3) is 0 Å². The van der Waals surface area contributed by atoms with Gasteiger partial charge in [0.05, 0.1) is 0 Å². The first-order chi connectivity index (χ1) is 7.09. The van der Waals surface area contributed by atoms with Gasteiger partial charge in [-0.25, -0.2) is 0 Å². The summed E-state index contributed by atoms with van der Waals surface area (Å²) in [6.07, 6.45) is 6.77. The Kier molecular flexibility index (Phi) is 3.36. The van der Waals surface area contributed by atoms with Crippen molar-refractivity contribution < 1.29 is 0 Å². The third kappa shape index (κ3) is 2.21. The molecule has 2 nitrogen and oxygen atoms in total. The summed E-state index contributed by atoms with van der Waals surface area (Å²) in [7, 11) is 2.29. The highest BCUT2D eigenvalue weighted by Crippen LogP contribution is 2.35. The minimum absolute atomic E-state index is 0.398. The second-order valence-electron chi connectivity index (χ2n) is 5.96. The van der Waals surface area contributed by atoms with E-state index in [-0.39, 0.29) is 0 Å². The summed E-state index contributed by atoms with van der Waals surface area (Å²) in [5, 5.41) is 0. The summed E-state index contributed by atoms with van der Waals surface area (Å²) < 4.78 is 0. The van der Waals surface area contributed by atoms with E-state index in [1.54, 1.807) is 0 Å². The lowest BCUT2D eigenvalue weighted by atomic mass is 9.75. The number of nitrogens with two attached hydrogens (primary N) is 1. The second-order valence-corrected chi connectivity index (χ2v) is 5.96. The van der Waals surface area contributed by atoms with E-state index in [1.807, 2.05) is 0 Å². The molecule has 88 valence electrons. The molecule has 4 atom stereocenters. The molecule has 2 saturated carbocycles. The monoisotopic (exact) mass is 210 g/mol. The van der Waals surface area contributed by atoms with E-state index in [2.05, 4.69) is 25.8 Å². The van der Waals surface area contributed by atoms with Crippen LogP contribution >= 0.6 is 0 Å². The molecular formula is C13H26N2. The Morgan fingerprint density at radius 3 is 2.27 bits per heavy atom. The minimum Gasteiger partial charge on any atom is -0.326 e. The second kappa shape index (κ2) is 4.42. The molecule has 0 saturated heterocycles. The first-order valence-corrected chi connectivity index (χ1v) is 6.57. The van der Waals surface area contributed by atoms with Crippen LogP contribution in [0.5, 0.6) is 0 Å². The van der Waals surface area contributed by atoms with Crippen molar-refractivity contribution in [3.05, 3.63) is 0 Å². The van der Waals surface area contributed by atoms with Crippen LogP contribution in [0.1, 0.15) is 46.0 Å². The molecule has 0 aromatic rings. The number of hydrogen-bond donors (Lipinski definition) is 1. The molecule has 2 heteroatoms. The van der Waals surface area contributed by atoms with Crippen molar-refractivity contribution in [1.29, 1.82) is 0 Å². The summed E-state index contributed by atoms with van der Waals surface area (Å²) in [6, 6.07) is 1.86. The standard InChI is InChI=1S/C13H26N2/c1-9-7-10(2)13(12(14)8-9)15(3)11-5-4-6-11/h9-13H,4-8,14H2,1-3H3. The van der Waals surface area contributed by atoms with Gasteiger partial charge in [-0.05, 0) is 44.6 Å². The Morgan fingerprint density at radius 1 is 1.13 bits per heavy atom. The molecule has 0 bridgehead atoms. The Labute approximate surface area is 94.2 Å². The molecule has 2 aliphatic carbocycles. The first kappa shape index (κ1) is 11.4. The zero-order valence-electron chi connectivity index (χ0n) is 10.4. The van der Waals surface area contributed by atoms with Gasteiger partial charge >= 0.3 is 0 Å². The number of hydrogen-bond acceptors (Lipinski definition) is 2. The van der Waals surface area contributed by atoms with Gasteiger partial charge in [-0.1, -0.05) is 20.3 Å². The van der Waals surface area contributed by atoms with E-state index in [1.165, 1.54) is 32.1 Å². The zero-order valence-corrected chi connectivity index (χ0v) is 10.4. The minimum atomic E-state index is 0.398. The SMILES string of the molecule is CC1CC(C)C(N(C)C2CCC2)C(N)C1. The van der Waals surface area contributed by atoms with E-state index < -0.39 is 0 Å². The summed E-state index contributed by atoms with van der Waals surface area (Å²) in [5.41, 5.74) is 6.34. The highest BCUT2D eigenvalue weighted by Gasteiger charge is 2.37. The maximum absolute atomic E-state index is 6.34. The fraction of sp³-hybridized carbons (Fsp3) is 1.00. The van der Waals surface area contributed by atoms with Crippen molar-refractivity contribution in [3.63, 3.8) is 0 Å². The summed E-state index contributed by atoms with van der Waals surface area (Å²) in [4.78, 5) is 2.59. The maximum atomic E-state index is 6.34. The van der Waals surface area contributed by atoms with Crippen molar-refractivity contribution in [3.8, 4) is 0 Å². The van der Waals surface area contributed by atoms with Crippen LogP contribution in [-0.4, -0.2) is 30.1 Å². The molecule has 2 aliphatic rings. The zero-order chi connectivity index (χ0) is 11.0. The fourth-order valence-corrected chi connectivity index (χ4v) is 3.64. The average molecular weight is 210 g/mol. The Bertz CT molecular complexity index is 201. The molecule has 0 aromatic heterocycles. The van der Waals surface area contributed by atoms with Crippen molar-refractivity contribution in [2.45, 2.75) is 64.1 Å². The summed E-state index contributed by atoms with van der Waals surface area (Å²) in [5.74, 6) is 1.59. The van der Waals surface area contributed by atoms with Gasteiger partial charge in [0.2, 0.25) is 0 Å². The quantitative estimate of drug-likeness (QED) is 0.757. The van der Waals surface area contributed by atoms with Gasteiger partial charge in [0, 0.05) is 18.1 Å². The molecule has 2 N–H and O–H groups in total. The lowest BCUT2D eigenvalue weighted by Crippen LogP contribution is -2.57. The summed E-state index contributed by atoms with van der Waals surface area (Å²) in [6.45, 7) is 4.73.